The van der Waals surface area contributed by atoms with Gasteiger partial charge in [-0.25, -0.2) is 9.37 Å². The summed E-state index contributed by atoms with van der Waals surface area (Å²) < 4.78 is 55.9. The molecule has 0 spiro atoms. The zero-order valence-corrected chi connectivity index (χ0v) is 20.0. The number of rotatable bonds is 4. The molecular formula is C27H23F4N5O2. The lowest BCUT2D eigenvalue weighted by atomic mass is 10.1. The maximum absolute atomic E-state index is 13.4. The fraction of sp³-hybridized carbons (Fsp3) is 0.259. The second-order valence-electron chi connectivity index (χ2n) is 9.61. The van der Waals surface area contributed by atoms with E-state index >= 15 is 0 Å². The maximum Gasteiger partial charge on any atom is 0.471 e. The van der Waals surface area contributed by atoms with E-state index in [1.807, 2.05) is 51.4 Å². The van der Waals surface area contributed by atoms with Gasteiger partial charge >= 0.3 is 12.1 Å². The summed E-state index contributed by atoms with van der Waals surface area (Å²) in [5.41, 5.74) is 5.35. The van der Waals surface area contributed by atoms with Crippen molar-refractivity contribution >= 4 is 11.6 Å². The van der Waals surface area contributed by atoms with E-state index in [2.05, 4.69) is 9.55 Å². The Balaban J connectivity index is 1.32. The summed E-state index contributed by atoms with van der Waals surface area (Å²) in [5.74, 6) is -2.09. The number of hydrogen-bond acceptors (Lipinski definition) is 4. The summed E-state index contributed by atoms with van der Waals surface area (Å²) in [6, 6.07) is 13.3. The van der Waals surface area contributed by atoms with Gasteiger partial charge in [-0.05, 0) is 47.5 Å². The van der Waals surface area contributed by atoms with Crippen molar-refractivity contribution in [2.24, 2.45) is 5.92 Å². The van der Waals surface area contributed by atoms with E-state index < -0.39 is 24.0 Å². The average Bonchev–Trinajstić information content (AvgIpc) is 3.61. The Labute approximate surface area is 214 Å². The Morgan fingerprint density at radius 1 is 1.08 bits per heavy atom. The van der Waals surface area contributed by atoms with Gasteiger partial charge in [-0.2, -0.15) is 13.2 Å². The molecule has 6 rings (SSSR count). The number of nitrogens with one attached hydrogen (secondary N) is 1. The van der Waals surface area contributed by atoms with Crippen LogP contribution in [0.5, 0.6) is 0 Å². The topological polar surface area (TPSA) is 75.3 Å². The van der Waals surface area contributed by atoms with Crippen LogP contribution >= 0.6 is 0 Å². The van der Waals surface area contributed by atoms with E-state index in [4.69, 9.17) is 0 Å². The van der Waals surface area contributed by atoms with E-state index in [9.17, 15) is 27.5 Å². The predicted molar refractivity (Wildman–Crippen MR) is 132 cm³/mol. The third-order valence-electron chi connectivity index (χ3n) is 7.22. The number of carbonyl (C=O) groups excluding carboxylic acids is 1. The fourth-order valence-electron chi connectivity index (χ4n) is 5.31. The summed E-state index contributed by atoms with van der Waals surface area (Å²) in [7, 11) is 0. The number of benzene rings is 2. The number of carbonyl (C=O) groups is 1. The fourth-order valence-corrected chi connectivity index (χ4v) is 5.31. The van der Waals surface area contributed by atoms with E-state index in [1.54, 1.807) is 18.3 Å². The second-order valence-corrected chi connectivity index (χ2v) is 9.61. The molecular weight excluding hydrogens is 502 g/mol. The van der Waals surface area contributed by atoms with Crippen molar-refractivity contribution in [3.05, 3.63) is 78.5 Å². The third-order valence-corrected chi connectivity index (χ3v) is 7.22. The molecule has 7 nitrogen and oxygen atoms in total. The van der Waals surface area contributed by atoms with Crippen LogP contribution in [0.15, 0.2) is 67.1 Å². The molecule has 1 fully saturated rings. The largest absolute Gasteiger partial charge is 0.471 e. The summed E-state index contributed by atoms with van der Waals surface area (Å²) in [5, 5.41) is 11.8. The first-order valence-electron chi connectivity index (χ1n) is 12.1. The van der Waals surface area contributed by atoms with Crippen molar-refractivity contribution in [3.63, 3.8) is 0 Å². The minimum atomic E-state index is -4.98. The summed E-state index contributed by atoms with van der Waals surface area (Å²) in [6.45, 7) is 0.611. The molecule has 4 aromatic rings. The van der Waals surface area contributed by atoms with Gasteiger partial charge in [0, 0.05) is 62.0 Å². The number of aliphatic hydroxyl groups excluding tert-OH is 1. The molecule has 0 saturated carbocycles. The first kappa shape index (κ1) is 24.2. The molecule has 0 unspecified atom stereocenters. The number of imidazole rings is 1. The number of nitrogens with zero attached hydrogens (tertiary/aromatic N) is 4. The third kappa shape index (κ3) is 4.22. The highest BCUT2D eigenvalue weighted by molar-refractivity contribution is 5.82. The first-order valence-corrected chi connectivity index (χ1v) is 12.1. The van der Waals surface area contributed by atoms with Crippen LogP contribution in [0.4, 0.5) is 23.2 Å². The zero-order chi connectivity index (χ0) is 26.6. The van der Waals surface area contributed by atoms with Crippen molar-refractivity contribution in [1.82, 2.24) is 19.4 Å². The summed E-state index contributed by atoms with van der Waals surface area (Å²) >= 11 is 0. The van der Waals surface area contributed by atoms with Crippen LogP contribution in [0.3, 0.4) is 0 Å². The smallest absolute Gasteiger partial charge is 0.396 e. The van der Waals surface area contributed by atoms with Crippen LogP contribution in [0, 0.1) is 11.7 Å². The molecule has 4 heterocycles. The molecule has 2 atom stereocenters. The number of hydrogen-bond donors (Lipinski definition) is 2. The zero-order valence-electron chi connectivity index (χ0n) is 20.0. The van der Waals surface area contributed by atoms with Gasteiger partial charge < -0.3 is 19.9 Å². The molecule has 0 radical (unpaired) electrons. The number of anilines is 1. The van der Waals surface area contributed by atoms with Crippen LogP contribution < -0.4 is 10.2 Å². The second kappa shape index (κ2) is 9.02. The molecule has 2 aliphatic heterocycles. The van der Waals surface area contributed by atoms with E-state index in [0.717, 1.165) is 39.6 Å². The Morgan fingerprint density at radius 2 is 1.87 bits per heavy atom. The normalized spacial score (nSPS) is 18.5. The standard InChI is InChI=1S/C27H23F4N5O2/c28-20-3-1-16(2-4-20)17-10-24-25-32-7-8-36(25)23-6-5-21(9-18(23)12-35(24)11-17)34-13-19(15-37)22(14-34)33-26(38)27(29,30)31/h1-11,19,22,37H,12-15H2,(H,33,38)/t19-,22+/m0/s1. The molecule has 2 aliphatic rings. The maximum atomic E-state index is 13.4. The van der Waals surface area contributed by atoms with Gasteiger partial charge in [0.25, 0.3) is 0 Å². The first-order chi connectivity index (χ1) is 18.2. The minimum absolute atomic E-state index is 0.144. The lowest BCUT2D eigenvalue weighted by molar-refractivity contribution is -0.174. The van der Waals surface area contributed by atoms with E-state index in [0.29, 0.717) is 13.1 Å². The van der Waals surface area contributed by atoms with Crippen LogP contribution in [0.2, 0.25) is 0 Å². The lowest BCUT2D eigenvalue weighted by Crippen LogP contribution is -2.47. The molecule has 11 heteroatoms. The number of alkyl halides is 3. The molecule has 1 amide bonds. The van der Waals surface area contributed by atoms with Gasteiger partial charge in [-0.1, -0.05) is 12.1 Å². The van der Waals surface area contributed by atoms with Crippen molar-refractivity contribution in [2.75, 3.05) is 24.6 Å². The van der Waals surface area contributed by atoms with Crippen molar-refractivity contribution < 1.29 is 27.5 Å². The average molecular weight is 526 g/mol. The molecule has 38 heavy (non-hydrogen) atoms. The van der Waals surface area contributed by atoms with Crippen molar-refractivity contribution in [1.29, 1.82) is 0 Å². The SMILES string of the molecule is O=C(N[C@@H]1CN(c2ccc3c(c2)Cn2cc(-c4ccc(F)cc4)cc2-c2nccn2-3)C[C@H]1CO)C(F)(F)F. The van der Waals surface area contributed by atoms with Gasteiger partial charge in [0.1, 0.15) is 5.82 Å². The Morgan fingerprint density at radius 3 is 2.61 bits per heavy atom. The van der Waals surface area contributed by atoms with Gasteiger partial charge in [0.15, 0.2) is 5.82 Å². The molecule has 0 bridgehead atoms. The van der Waals surface area contributed by atoms with Gasteiger partial charge in [0.05, 0.1) is 17.4 Å². The molecule has 0 aliphatic carbocycles. The number of fused-ring (bicyclic) bond motifs is 5. The molecule has 2 N–H and O–H groups in total. The quantitative estimate of drug-likeness (QED) is 0.348. The predicted octanol–water partition coefficient (Wildman–Crippen LogP) is 3.98. The molecule has 1 saturated heterocycles. The Bertz CT molecular complexity index is 1510. The minimum Gasteiger partial charge on any atom is -0.396 e. The van der Waals surface area contributed by atoms with Gasteiger partial charge in [-0.3, -0.25) is 9.36 Å². The Kier molecular flexibility index (Phi) is 5.75. The molecule has 196 valence electrons. The highest BCUT2D eigenvalue weighted by atomic mass is 19.4. The van der Waals surface area contributed by atoms with Crippen LogP contribution in [0.1, 0.15) is 5.56 Å². The van der Waals surface area contributed by atoms with E-state index in [1.165, 1.54) is 12.1 Å². The van der Waals surface area contributed by atoms with Crippen LogP contribution in [-0.4, -0.2) is 57.0 Å². The number of amides is 1. The molecule has 2 aromatic carbocycles. The van der Waals surface area contributed by atoms with Crippen molar-refractivity contribution in [2.45, 2.75) is 18.8 Å². The number of aliphatic hydroxyl groups is 1. The highest BCUT2D eigenvalue weighted by Gasteiger charge is 2.43. The van der Waals surface area contributed by atoms with Gasteiger partial charge in [-0.15, -0.1) is 0 Å². The van der Waals surface area contributed by atoms with Gasteiger partial charge in [0.2, 0.25) is 0 Å². The lowest BCUT2D eigenvalue weighted by Gasteiger charge is -2.21. The van der Waals surface area contributed by atoms with Crippen LogP contribution in [0.25, 0.3) is 28.3 Å². The summed E-state index contributed by atoms with van der Waals surface area (Å²) in [6.07, 6.45) is 0.590. The highest BCUT2D eigenvalue weighted by Crippen LogP contribution is 2.36. The van der Waals surface area contributed by atoms with E-state index in [-0.39, 0.29) is 19.0 Å². The molecule has 2 aromatic heterocycles. The van der Waals surface area contributed by atoms with Crippen molar-refractivity contribution in [3.8, 4) is 28.3 Å². The monoisotopic (exact) mass is 525 g/mol. The van der Waals surface area contributed by atoms with Crippen LogP contribution in [-0.2, 0) is 11.3 Å². The summed E-state index contributed by atoms with van der Waals surface area (Å²) in [4.78, 5) is 18.0. The number of halogens is 4. The number of aromatic nitrogens is 3. The Hall–Kier alpha value is -4.12.